The highest BCUT2D eigenvalue weighted by Crippen LogP contribution is 2.21. The Kier molecular flexibility index (Phi) is 5.53. The molecule has 0 saturated carbocycles. The molecule has 1 atom stereocenters. The monoisotopic (exact) mass is 374 g/mol. The van der Waals surface area contributed by atoms with Crippen molar-refractivity contribution in [3.63, 3.8) is 0 Å². The Morgan fingerprint density at radius 3 is 2.61 bits per heavy atom. The molecule has 3 aromatic rings. The van der Waals surface area contributed by atoms with Gasteiger partial charge in [-0.05, 0) is 49.2 Å². The van der Waals surface area contributed by atoms with E-state index in [1.807, 2.05) is 66.3 Å². The summed E-state index contributed by atoms with van der Waals surface area (Å²) in [4.78, 5) is 20.0. The second-order valence-electron chi connectivity index (χ2n) is 7.40. The Bertz CT molecular complexity index is 929. The number of hydrogen-bond acceptors (Lipinski definition) is 3. The van der Waals surface area contributed by atoms with Gasteiger partial charge < -0.3 is 9.88 Å². The molecular formula is C23H26N4O. The van der Waals surface area contributed by atoms with Crippen molar-refractivity contribution in [3.05, 3.63) is 89.5 Å². The molecule has 0 spiro atoms. The van der Waals surface area contributed by atoms with Crippen LogP contribution in [0.3, 0.4) is 0 Å². The summed E-state index contributed by atoms with van der Waals surface area (Å²) in [6.07, 6.45) is 6.19. The van der Waals surface area contributed by atoms with E-state index < -0.39 is 0 Å². The Hall–Kier alpha value is -2.92. The summed E-state index contributed by atoms with van der Waals surface area (Å²) in [5, 5.41) is 3.18. The number of imidazole rings is 1. The molecule has 1 aliphatic rings. The summed E-state index contributed by atoms with van der Waals surface area (Å²) >= 11 is 0. The maximum absolute atomic E-state index is 13.1. The standard InChI is InChI=1S/C23H26N4O/c1-26-15-12-24-22(26)21(19-9-3-2-4-10-19)25-23(28)20-11-7-8-18(16-20)17-27-13-5-6-14-27/h2-4,7-12,15-16,21H,5-6,13-14,17H2,1H3,(H,25,28)/t21-/m0/s1. The SMILES string of the molecule is Cn1ccnc1[C@@H](NC(=O)c1cccc(CN2CCCC2)c1)c1ccccc1. The van der Waals surface area contributed by atoms with Crippen LogP contribution in [0, 0.1) is 0 Å². The molecule has 0 aliphatic carbocycles. The van der Waals surface area contributed by atoms with Crippen molar-refractivity contribution in [3.8, 4) is 0 Å². The zero-order valence-electron chi connectivity index (χ0n) is 16.2. The number of likely N-dealkylation sites (tertiary alicyclic amines) is 1. The van der Waals surface area contributed by atoms with Gasteiger partial charge in [0.05, 0.1) is 0 Å². The Labute approximate surface area is 166 Å². The van der Waals surface area contributed by atoms with E-state index in [0.717, 1.165) is 31.0 Å². The Morgan fingerprint density at radius 1 is 1.11 bits per heavy atom. The van der Waals surface area contributed by atoms with Crippen LogP contribution < -0.4 is 5.32 Å². The molecule has 1 aromatic heterocycles. The van der Waals surface area contributed by atoms with E-state index in [1.165, 1.54) is 18.4 Å². The molecule has 2 heterocycles. The maximum Gasteiger partial charge on any atom is 0.252 e. The van der Waals surface area contributed by atoms with Gasteiger partial charge in [-0.15, -0.1) is 0 Å². The molecule has 1 aliphatic heterocycles. The van der Waals surface area contributed by atoms with E-state index >= 15 is 0 Å². The first-order valence-electron chi connectivity index (χ1n) is 9.85. The van der Waals surface area contributed by atoms with Crippen LogP contribution in [0.1, 0.15) is 46.2 Å². The number of carbonyl (C=O) groups excluding carboxylic acids is 1. The molecule has 1 fully saturated rings. The van der Waals surface area contributed by atoms with Gasteiger partial charge >= 0.3 is 0 Å². The molecule has 4 rings (SSSR count). The highest BCUT2D eigenvalue weighted by Gasteiger charge is 2.21. The van der Waals surface area contributed by atoms with E-state index in [1.54, 1.807) is 6.20 Å². The van der Waals surface area contributed by atoms with Crippen molar-refractivity contribution in [1.82, 2.24) is 19.8 Å². The lowest BCUT2D eigenvalue weighted by Gasteiger charge is -2.20. The zero-order valence-corrected chi connectivity index (χ0v) is 16.2. The van der Waals surface area contributed by atoms with Gasteiger partial charge in [0.25, 0.3) is 5.91 Å². The van der Waals surface area contributed by atoms with Crippen LogP contribution in [0.5, 0.6) is 0 Å². The predicted octanol–water partition coefficient (Wildman–Crippen LogP) is 3.54. The smallest absolute Gasteiger partial charge is 0.252 e. The van der Waals surface area contributed by atoms with Gasteiger partial charge in [0.15, 0.2) is 0 Å². The topological polar surface area (TPSA) is 50.2 Å². The molecule has 1 N–H and O–H groups in total. The van der Waals surface area contributed by atoms with Crippen molar-refractivity contribution < 1.29 is 4.79 Å². The molecule has 1 amide bonds. The van der Waals surface area contributed by atoms with Gasteiger partial charge in [-0.1, -0.05) is 42.5 Å². The molecule has 0 bridgehead atoms. The van der Waals surface area contributed by atoms with E-state index in [2.05, 4.69) is 21.3 Å². The highest BCUT2D eigenvalue weighted by atomic mass is 16.1. The van der Waals surface area contributed by atoms with Gasteiger partial charge in [0.2, 0.25) is 0 Å². The fourth-order valence-electron chi connectivity index (χ4n) is 3.82. The minimum Gasteiger partial charge on any atom is -0.338 e. The van der Waals surface area contributed by atoms with E-state index in [-0.39, 0.29) is 11.9 Å². The van der Waals surface area contributed by atoms with Crippen LogP contribution in [-0.2, 0) is 13.6 Å². The second kappa shape index (κ2) is 8.40. The van der Waals surface area contributed by atoms with Gasteiger partial charge in [-0.25, -0.2) is 4.98 Å². The summed E-state index contributed by atoms with van der Waals surface area (Å²) in [6, 6.07) is 17.6. The molecular weight excluding hydrogens is 348 g/mol. The van der Waals surface area contributed by atoms with Crippen LogP contribution >= 0.6 is 0 Å². The predicted molar refractivity (Wildman–Crippen MR) is 110 cm³/mol. The third-order valence-corrected chi connectivity index (χ3v) is 5.32. The van der Waals surface area contributed by atoms with Gasteiger partial charge in [-0.3, -0.25) is 9.69 Å². The quantitative estimate of drug-likeness (QED) is 0.718. The molecule has 0 radical (unpaired) electrons. The summed E-state index contributed by atoms with van der Waals surface area (Å²) < 4.78 is 1.95. The average molecular weight is 374 g/mol. The van der Waals surface area contributed by atoms with Crippen LogP contribution in [0.2, 0.25) is 0 Å². The highest BCUT2D eigenvalue weighted by molar-refractivity contribution is 5.94. The number of aryl methyl sites for hydroxylation is 1. The fraction of sp³-hybridized carbons (Fsp3) is 0.304. The molecule has 0 unspecified atom stereocenters. The Morgan fingerprint density at radius 2 is 1.89 bits per heavy atom. The number of nitrogens with one attached hydrogen (secondary N) is 1. The van der Waals surface area contributed by atoms with Gasteiger partial charge in [0.1, 0.15) is 11.9 Å². The molecule has 144 valence electrons. The number of nitrogens with zero attached hydrogens (tertiary/aromatic N) is 3. The molecule has 1 saturated heterocycles. The minimum atomic E-state index is -0.295. The first-order valence-corrected chi connectivity index (χ1v) is 9.85. The molecule has 28 heavy (non-hydrogen) atoms. The summed E-state index contributed by atoms with van der Waals surface area (Å²) in [5.74, 6) is 0.730. The number of benzene rings is 2. The normalized spacial score (nSPS) is 15.5. The average Bonchev–Trinajstić information content (AvgIpc) is 3.38. The zero-order chi connectivity index (χ0) is 19.3. The number of aromatic nitrogens is 2. The van der Waals surface area contributed by atoms with E-state index in [9.17, 15) is 4.79 Å². The van der Waals surface area contributed by atoms with Crippen molar-refractivity contribution >= 4 is 5.91 Å². The summed E-state index contributed by atoms with van der Waals surface area (Å²) in [5.41, 5.74) is 2.88. The van der Waals surface area contributed by atoms with E-state index in [0.29, 0.717) is 5.56 Å². The third-order valence-electron chi connectivity index (χ3n) is 5.32. The van der Waals surface area contributed by atoms with E-state index in [4.69, 9.17) is 0 Å². The lowest BCUT2D eigenvalue weighted by Crippen LogP contribution is -2.31. The van der Waals surface area contributed by atoms with Gasteiger partial charge in [0, 0.05) is 31.5 Å². The van der Waals surface area contributed by atoms with Crippen molar-refractivity contribution in [2.24, 2.45) is 7.05 Å². The first-order chi connectivity index (χ1) is 13.7. The Balaban J connectivity index is 1.55. The van der Waals surface area contributed by atoms with Crippen molar-refractivity contribution in [1.29, 1.82) is 0 Å². The summed E-state index contributed by atoms with van der Waals surface area (Å²) in [6.45, 7) is 3.19. The van der Waals surface area contributed by atoms with Crippen LogP contribution in [0.25, 0.3) is 0 Å². The number of rotatable bonds is 6. The minimum absolute atomic E-state index is 0.0832. The molecule has 2 aromatic carbocycles. The van der Waals surface area contributed by atoms with Crippen LogP contribution in [-0.4, -0.2) is 33.4 Å². The van der Waals surface area contributed by atoms with Crippen LogP contribution in [0.4, 0.5) is 0 Å². The first kappa shape index (κ1) is 18.4. The maximum atomic E-state index is 13.1. The number of carbonyl (C=O) groups is 1. The van der Waals surface area contributed by atoms with Gasteiger partial charge in [-0.2, -0.15) is 0 Å². The molecule has 5 nitrogen and oxygen atoms in total. The second-order valence-corrected chi connectivity index (χ2v) is 7.40. The third kappa shape index (κ3) is 4.15. The number of hydrogen-bond donors (Lipinski definition) is 1. The summed E-state index contributed by atoms with van der Waals surface area (Å²) in [7, 11) is 1.95. The lowest BCUT2D eigenvalue weighted by molar-refractivity contribution is 0.0941. The lowest BCUT2D eigenvalue weighted by atomic mass is 10.0. The van der Waals surface area contributed by atoms with Crippen molar-refractivity contribution in [2.45, 2.75) is 25.4 Å². The van der Waals surface area contributed by atoms with Crippen molar-refractivity contribution in [2.75, 3.05) is 13.1 Å². The fourth-order valence-corrected chi connectivity index (χ4v) is 3.82. The largest absolute Gasteiger partial charge is 0.338 e. The van der Waals surface area contributed by atoms with Crippen LogP contribution in [0.15, 0.2) is 67.0 Å². The number of amides is 1. The molecule has 5 heteroatoms.